The van der Waals surface area contributed by atoms with E-state index in [1.54, 1.807) is 0 Å². The van der Waals surface area contributed by atoms with Crippen molar-refractivity contribution in [3.05, 3.63) is 0 Å². The quantitative estimate of drug-likeness (QED) is 0.318. The van der Waals surface area contributed by atoms with Gasteiger partial charge in [-0.1, -0.05) is 13.1 Å². The van der Waals surface area contributed by atoms with Crippen LogP contribution in [0.2, 0.25) is 13.1 Å². The fraction of sp³-hybridized carbons (Fsp3) is 1.00. The van der Waals surface area contributed by atoms with Crippen LogP contribution in [0.4, 0.5) is 0 Å². The van der Waals surface area contributed by atoms with Crippen LogP contribution in [0.25, 0.3) is 0 Å². The maximum absolute atomic E-state index is 2.54. The van der Waals surface area contributed by atoms with Crippen molar-refractivity contribution < 1.29 is 0 Å². The van der Waals surface area contributed by atoms with Gasteiger partial charge in [-0.15, -0.1) is 0 Å². The predicted molar refractivity (Wildman–Crippen MR) is 63.0 cm³/mol. The van der Waals surface area contributed by atoms with Crippen molar-refractivity contribution in [2.24, 2.45) is 0 Å². The van der Waals surface area contributed by atoms with Gasteiger partial charge in [-0.3, -0.25) is 0 Å². The Bertz CT molecular complexity index is 31.5. The molecule has 0 aliphatic carbocycles. The van der Waals surface area contributed by atoms with Crippen molar-refractivity contribution in [1.82, 2.24) is 0 Å². The van der Waals surface area contributed by atoms with Crippen LogP contribution in [-0.2, 0) is 0 Å². The zero-order chi connectivity index (χ0) is 6.24. The van der Waals surface area contributed by atoms with Crippen LogP contribution in [0.15, 0.2) is 0 Å². The van der Waals surface area contributed by atoms with Crippen LogP contribution in [0, 0.1) is 0 Å². The van der Waals surface area contributed by atoms with Crippen LogP contribution in [0.3, 0.4) is 0 Å². The Balaban J connectivity index is 2.53. The molecule has 0 unspecified atom stereocenters. The highest BCUT2D eigenvalue weighted by molar-refractivity contribution is 7.58. The summed E-state index contributed by atoms with van der Waals surface area (Å²) in [5.74, 6) is 0. The van der Waals surface area contributed by atoms with Crippen LogP contribution in [0.5, 0.6) is 0 Å². The molecule has 0 aromatic carbocycles. The zero-order valence-electron chi connectivity index (χ0n) is 6.24. The second-order valence-electron chi connectivity index (χ2n) is 2.41. The lowest BCUT2D eigenvalue weighted by Crippen LogP contribution is -2.24. The minimum Gasteiger partial charge on any atom is -0.0773 e. The van der Waals surface area contributed by atoms with E-state index in [2.05, 4.69) is 13.1 Å². The molecule has 0 spiro atoms. The highest BCUT2D eigenvalue weighted by atomic mass is 29.9. The molecule has 50 valence electrons. The van der Waals surface area contributed by atoms with Gasteiger partial charge in [0.15, 0.2) is 0 Å². The van der Waals surface area contributed by atoms with Crippen LogP contribution < -0.4 is 0 Å². The molecule has 0 N–H and O–H groups in total. The van der Waals surface area contributed by atoms with E-state index in [4.69, 9.17) is 0 Å². The molecule has 0 heterocycles. The Morgan fingerprint density at radius 1 is 0.625 bits per heavy atom. The van der Waals surface area contributed by atoms with Gasteiger partial charge in [0.1, 0.15) is 0 Å². The Hall–Kier alpha value is 1.30. The molecule has 0 aliphatic heterocycles. The molecular formula is C2H18Si6. The normalized spacial score (nSPS) is 18.8. The van der Waals surface area contributed by atoms with Crippen molar-refractivity contribution in [3.63, 3.8) is 0 Å². The van der Waals surface area contributed by atoms with Gasteiger partial charge in [-0.05, 0) is 34.2 Å². The highest BCUT2D eigenvalue weighted by Gasteiger charge is 1.87. The molecule has 0 saturated heterocycles. The average Bonchev–Trinajstić information content (AvgIpc) is 1.81. The van der Waals surface area contributed by atoms with Crippen molar-refractivity contribution in [3.8, 4) is 0 Å². The van der Waals surface area contributed by atoms with Crippen molar-refractivity contribution in [2.45, 2.75) is 13.1 Å². The minimum absolute atomic E-state index is 0.659. The number of hydrogen-bond acceptors (Lipinski definition) is 0. The van der Waals surface area contributed by atoms with E-state index in [1.807, 2.05) is 0 Å². The largest absolute Gasteiger partial charge is 0.0773 e. The molecule has 0 nitrogen and oxygen atoms in total. The van der Waals surface area contributed by atoms with E-state index in [0.717, 1.165) is 34.2 Å². The third kappa shape index (κ3) is 7.30. The Morgan fingerprint density at radius 2 is 1.00 bits per heavy atom. The summed E-state index contributed by atoms with van der Waals surface area (Å²) < 4.78 is 0. The van der Waals surface area contributed by atoms with E-state index < -0.39 is 0 Å². The number of hydrogen-bond donors (Lipinski definition) is 0. The van der Waals surface area contributed by atoms with Crippen molar-refractivity contribution >= 4 is 52.3 Å². The molecule has 0 aromatic heterocycles. The second-order valence-corrected chi connectivity index (χ2v) is 47.2. The molecule has 0 saturated carbocycles. The van der Waals surface area contributed by atoms with Gasteiger partial charge < -0.3 is 0 Å². The van der Waals surface area contributed by atoms with Gasteiger partial charge in [0.05, 0.1) is 0 Å². The van der Waals surface area contributed by atoms with Gasteiger partial charge in [0, 0.05) is 18.1 Å². The lowest BCUT2D eigenvalue weighted by atomic mass is 11.9. The standard InChI is InChI=1S/C2H18Si6/c1-3-5-7-8-6-4-2/h3-8H2,1-2H3. The molecular weight excluding hydrogens is 193 g/mol. The Kier molecular flexibility index (Phi) is 9.65. The van der Waals surface area contributed by atoms with Gasteiger partial charge in [0.25, 0.3) is 0 Å². The SMILES string of the molecule is C[SiH2][SiH2][SiH2][SiH2][SiH2][SiH2]C. The minimum atomic E-state index is 0.659. The summed E-state index contributed by atoms with van der Waals surface area (Å²) in [6.45, 7) is 5.08. The van der Waals surface area contributed by atoms with Crippen LogP contribution in [0.1, 0.15) is 0 Å². The number of rotatable bonds is 5. The van der Waals surface area contributed by atoms with Crippen LogP contribution in [-0.4, -0.2) is 52.3 Å². The molecule has 8 heavy (non-hydrogen) atoms. The second kappa shape index (κ2) is 8.30. The summed E-state index contributed by atoms with van der Waals surface area (Å²) >= 11 is 0. The van der Waals surface area contributed by atoms with E-state index in [9.17, 15) is 0 Å². The molecule has 0 bridgehead atoms. The van der Waals surface area contributed by atoms with E-state index in [-0.39, 0.29) is 0 Å². The molecule has 6 heteroatoms. The molecule has 0 radical (unpaired) electrons. The first-order valence-corrected chi connectivity index (χ1v) is 26.7. The molecule has 0 aromatic rings. The third-order valence-corrected chi connectivity index (χ3v) is 79.8. The average molecular weight is 211 g/mol. The summed E-state index contributed by atoms with van der Waals surface area (Å²) in [4.78, 5) is 0. The molecule has 0 atom stereocenters. The van der Waals surface area contributed by atoms with Gasteiger partial charge in [0.2, 0.25) is 0 Å². The lowest BCUT2D eigenvalue weighted by Gasteiger charge is -1.89. The predicted octanol–water partition coefficient (Wildman–Crippen LogP) is -4.33. The summed E-state index contributed by atoms with van der Waals surface area (Å²) in [5.41, 5.74) is 0. The maximum Gasteiger partial charge on any atom is 0.00140 e. The zero-order valence-corrected chi connectivity index (χ0v) is 14.7. The maximum atomic E-state index is 2.54. The van der Waals surface area contributed by atoms with Gasteiger partial charge >= 0.3 is 0 Å². The summed E-state index contributed by atoms with van der Waals surface area (Å²) in [6, 6.07) is 0. The van der Waals surface area contributed by atoms with Crippen LogP contribution >= 0.6 is 0 Å². The van der Waals surface area contributed by atoms with Gasteiger partial charge in [-0.25, -0.2) is 0 Å². The smallest absolute Gasteiger partial charge is 0.00140 e. The third-order valence-electron chi connectivity index (χ3n) is 1.46. The summed E-state index contributed by atoms with van der Waals surface area (Å²) in [7, 11) is 4.59. The fourth-order valence-electron chi connectivity index (χ4n) is 0.854. The summed E-state index contributed by atoms with van der Waals surface area (Å²) in [5, 5.41) is 0. The fourth-order valence-corrected chi connectivity index (χ4v) is 126. The first kappa shape index (κ1) is 9.30. The first-order valence-electron chi connectivity index (χ1n) is 3.91. The van der Waals surface area contributed by atoms with Crippen molar-refractivity contribution in [1.29, 1.82) is 0 Å². The van der Waals surface area contributed by atoms with E-state index >= 15 is 0 Å². The topological polar surface area (TPSA) is 0 Å². The molecule has 0 fully saturated rings. The van der Waals surface area contributed by atoms with Crippen molar-refractivity contribution in [2.75, 3.05) is 0 Å². The highest BCUT2D eigenvalue weighted by Crippen LogP contribution is 1.55. The van der Waals surface area contributed by atoms with E-state index in [1.165, 1.54) is 0 Å². The lowest BCUT2D eigenvalue weighted by molar-refractivity contribution is 2.37. The van der Waals surface area contributed by atoms with Gasteiger partial charge in [-0.2, -0.15) is 0 Å². The molecule has 0 aliphatic rings. The molecule has 0 amide bonds. The van der Waals surface area contributed by atoms with E-state index in [0.29, 0.717) is 18.1 Å². The monoisotopic (exact) mass is 210 g/mol. The summed E-state index contributed by atoms with van der Waals surface area (Å²) in [6.07, 6.45) is 0. The first-order chi connectivity index (χ1) is 3.91. The Morgan fingerprint density at radius 3 is 1.25 bits per heavy atom. The Labute approximate surface area is 65.5 Å². The molecule has 0 rings (SSSR count).